The number of hydrogen-bond acceptors (Lipinski definition) is 3. The van der Waals surface area contributed by atoms with E-state index in [2.05, 4.69) is 24.5 Å². The lowest BCUT2D eigenvalue weighted by atomic mass is 10.0. The molecule has 0 aliphatic heterocycles. The molecule has 0 atom stereocenters. The summed E-state index contributed by atoms with van der Waals surface area (Å²) in [5.41, 5.74) is 6.38. The van der Waals surface area contributed by atoms with Crippen LogP contribution in [0.3, 0.4) is 0 Å². The fourth-order valence-corrected chi connectivity index (χ4v) is 7.56. The Balaban J connectivity index is 3.56. The van der Waals surface area contributed by atoms with Crippen LogP contribution in [0.5, 0.6) is 0 Å². The van der Waals surface area contributed by atoms with Gasteiger partial charge in [0.05, 0.1) is 0 Å². The topological polar surface area (TPSA) is 84.2 Å². The van der Waals surface area contributed by atoms with E-state index < -0.39 is 5.79 Å². The van der Waals surface area contributed by atoms with E-state index in [0.717, 1.165) is 25.7 Å². The number of unbranched alkanes of at least 4 members (excludes halogenated alkanes) is 36. The maximum absolute atomic E-state index is 12.6. The molecule has 4 N–H and O–H groups in total. The van der Waals surface area contributed by atoms with Gasteiger partial charge in [-0.3, -0.25) is 15.3 Å². The molecule has 0 aliphatic carbocycles. The van der Waals surface area contributed by atoms with E-state index in [4.69, 9.17) is 5.73 Å². The van der Waals surface area contributed by atoms with Gasteiger partial charge < -0.3 is 10.6 Å². The molecule has 2 amide bonds. The predicted octanol–water partition coefficient (Wildman–Crippen LogP) is 14.9. The van der Waals surface area contributed by atoms with Crippen molar-refractivity contribution in [1.82, 2.24) is 10.6 Å². The van der Waals surface area contributed by atoms with Crippen LogP contribution in [0.4, 0.5) is 0 Å². The van der Waals surface area contributed by atoms with Crippen molar-refractivity contribution in [2.24, 2.45) is 5.73 Å². The van der Waals surface area contributed by atoms with Gasteiger partial charge in [0, 0.05) is 19.3 Å². The summed E-state index contributed by atoms with van der Waals surface area (Å²) < 4.78 is 0. The van der Waals surface area contributed by atoms with Crippen LogP contribution >= 0.6 is 0 Å². The van der Waals surface area contributed by atoms with E-state index in [1.807, 2.05) is 6.92 Å². The molecule has 0 bridgehead atoms. The number of rotatable bonds is 43. The summed E-state index contributed by atoms with van der Waals surface area (Å²) in [7, 11) is 0. The van der Waals surface area contributed by atoms with E-state index >= 15 is 0 Å². The van der Waals surface area contributed by atoms with Gasteiger partial charge in [-0.1, -0.05) is 252 Å². The van der Waals surface area contributed by atoms with Crippen LogP contribution in [0.2, 0.25) is 0 Å². The SMILES string of the molecule is CCCCCCCCCCCCCCCCCCCCCC(=O)NC(N)(CC)NC(=O)CCCCCCCCCCCCCCCCCCCCC. The third-order valence-electron chi connectivity index (χ3n) is 11.3. The average molecular weight is 734 g/mol. The van der Waals surface area contributed by atoms with Crippen LogP contribution < -0.4 is 16.4 Å². The maximum atomic E-state index is 12.6. The van der Waals surface area contributed by atoms with Crippen molar-refractivity contribution in [1.29, 1.82) is 0 Å². The molecule has 0 aliphatic rings. The minimum atomic E-state index is -1.14. The smallest absolute Gasteiger partial charge is 0.222 e. The molecule has 52 heavy (non-hydrogen) atoms. The summed E-state index contributed by atoms with van der Waals surface area (Å²) in [6.07, 6.45) is 52.5. The summed E-state index contributed by atoms with van der Waals surface area (Å²) >= 11 is 0. The Bertz CT molecular complexity index is 686. The van der Waals surface area contributed by atoms with Crippen LogP contribution in [0, 0.1) is 0 Å². The monoisotopic (exact) mass is 734 g/mol. The Labute approximate surface area is 326 Å². The molecule has 0 radical (unpaired) electrons. The molecule has 0 aromatic heterocycles. The van der Waals surface area contributed by atoms with Gasteiger partial charge in [-0.25, -0.2) is 0 Å². The Kier molecular flexibility index (Phi) is 40.2. The standard InChI is InChI=1S/C47H95N3O2/c1-4-7-9-11-13-15-17-19-21-23-25-27-29-31-33-35-37-39-41-43-45(51)49-47(48,6-3)50-46(52)44-42-40-38-36-34-32-30-28-26-24-22-20-18-16-14-12-10-8-5-2/h4-44,48H2,1-3H3,(H,49,51)(H,50,52). The zero-order valence-electron chi connectivity index (χ0n) is 35.9. The second kappa shape index (κ2) is 41.1. The highest BCUT2D eigenvalue weighted by Crippen LogP contribution is 2.17. The van der Waals surface area contributed by atoms with Crippen LogP contribution in [-0.2, 0) is 9.59 Å². The van der Waals surface area contributed by atoms with Crippen LogP contribution in [0.25, 0.3) is 0 Å². The van der Waals surface area contributed by atoms with E-state index in [1.165, 1.54) is 218 Å². The van der Waals surface area contributed by atoms with Gasteiger partial charge in [-0.15, -0.1) is 0 Å². The minimum absolute atomic E-state index is 0.0554. The first-order chi connectivity index (χ1) is 25.5. The highest BCUT2D eigenvalue weighted by molar-refractivity contribution is 5.80. The first-order valence-electron chi connectivity index (χ1n) is 23.9. The van der Waals surface area contributed by atoms with E-state index in [-0.39, 0.29) is 11.8 Å². The number of carbonyl (C=O) groups is 2. The zero-order valence-corrected chi connectivity index (χ0v) is 35.9. The number of nitrogens with one attached hydrogen (secondary N) is 2. The number of hydrogen-bond donors (Lipinski definition) is 3. The molecular weight excluding hydrogens is 639 g/mol. The highest BCUT2D eigenvalue weighted by Gasteiger charge is 2.26. The molecule has 0 spiro atoms. The molecule has 0 saturated heterocycles. The van der Waals surface area contributed by atoms with Crippen molar-refractivity contribution in [3.8, 4) is 0 Å². The highest BCUT2D eigenvalue weighted by atomic mass is 16.2. The van der Waals surface area contributed by atoms with Crippen molar-refractivity contribution in [3.05, 3.63) is 0 Å². The normalized spacial score (nSPS) is 11.7. The van der Waals surface area contributed by atoms with Gasteiger partial charge in [0.1, 0.15) is 0 Å². The van der Waals surface area contributed by atoms with Gasteiger partial charge in [-0.2, -0.15) is 0 Å². The summed E-state index contributed by atoms with van der Waals surface area (Å²) in [5.74, 6) is -1.25. The van der Waals surface area contributed by atoms with Crippen molar-refractivity contribution in [2.45, 2.75) is 290 Å². The molecule has 0 unspecified atom stereocenters. The van der Waals surface area contributed by atoms with Gasteiger partial charge in [0.25, 0.3) is 0 Å². The van der Waals surface area contributed by atoms with Crippen molar-refractivity contribution >= 4 is 11.8 Å². The summed E-state index contributed by atoms with van der Waals surface area (Å²) in [4.78, 5) is 25.2. The lowest BCUT2D eigenvalue weighted by Gasteiger charge is -2.30. The van der Waals surface area contributed by atoms with Gasteiger partial charge >= 0.3 is 0 Å². The Hall–Kier alpha value is -1.10. The summed E-state index contributed by atoms with van der Waals surface area (Å²) in [6.45, 7) is 6.49. The van der Waals surface area contributed by atoms with Gasteiger partial charge in [0.15, 0.2) is 5.79 Å². The molecule has 0 aromatic rings. The van der Waals surface area contributed by atoms with Crippen molar-refractivity contribution < 1.29 is 9.59 Å². The number of carbonyl (C=O) groups excluding carboxylic acids is 2. The molecule has 0 aromatic carbocycles. The van der Waals surface area contributed by atoms with Gasteiger partial charge in [0.2, 0.25) is 11.8 Å². The second-order valence-corrected chi connectivity index (χ2v) is 16.6. The van der Waals surface area contributed by atoms with E-state index in [0.29, 0.717) is 19.3 Å². The largest absolute Gasteiger partial charge is 0.321 e. The fourth-order valence-electron chi connectivity index (χ4n) is 7.56. The second-order valence-electron chi connectivity index (χ2n) is 16.6. The first kappa shape index (κ1) is 50.9. The summed E-state index contributed by atoms with van der Waals surface area (Å²) in [5, 5.41) is 5.80. The third-order valence-corrected chi connectivity index (χ3v) is 11.3. The van der Waals surface area contributed by atoms with Crippen LogP contribution in [0.1, 0.15) is 284 Å². The van der Waals surface area contributed by atoms with Crippen molar-refractivity contribution in [2.75, 3.05) is 0 Å². The Morgan fingerprint density at radius 2 is 0.500 bits per heavy atom. The molecule has 0 saturated carbocycles. The van der Waals surface area contributed by atoms with E-state index in [9.17, 15) is 9.59 Å². The van der Waals surface area contributed by atoms with Gasteiger partial charge in [-0.05, 0) is 12.8 Å². The summed E-state index contributed by atoms with van der Waals surface area (Å²) in [6, 6.07) is 0. The third kappa shape index (κ3) is 38.6. The Morgan fingerprint density at radius 1 is 0.327 bits per heavy atom. The van der Waals surface area contributed by atoms with Crippen LogP contribution in [0.15, 0.2) is 0 Å². The molecule has 0 heterocycles. The number of amides is 2. The Morgan fingerprint density at radius 3 is 0.673 bits per heavy atom. The molecule has 0 fully saturated rings. The molecular formula is C47H95N3O2. The average Bonchev–Trinajstić information content (AvgIpc) is 3.13. The maximum Gasteiger partial charge on any atom is 0.222 e. The lowest BCUT2D eigenvalue weighted by molar-refractivity contribution is -0.127. The molecule has 5 nitrogen and oxygen atoms in total. The fraction of sp³-hybridized carbons (Fsp3) is 0.957. The lowest BCUT2D eigenvalue weighted by Crippen LogP contribution is -2.66. The number of nitrogens with two attached hydrogens (primary N) is 1. The quantitative estimate of drug-likeness (QED) is 0.0431. The predicted molar refractivity (Wildman–Crippen MR) is 230 cm³/mol. The minimum Gasteiger partial charge on any atom is -0.321 e. The van der Waals surface area contributed by atoms with E-state index in [1.54, 1.807) is 0 Å². The molecule has 5 heteroatoms. The first-order valence-corrected chi connectivity index (χ1v) is 23.9. The zero-order chi connectivity index (χ0) is 38.1. The van der Waals surface area contributed by atoms with Crippen LogP contribution in [-0.4, -0.2) is 17.6 Å². The molecule has 0 rings (SSSR count). The molecule has 310 valence electrons. The van der Waals surface area contributed by atoms with Crippen molar-refractivity contribution in [3.63, 3.8) is 0 Å².